The minimum atomic E-state index is 0.753. The van der Waals surface area contributed by atoms with Crippen LogP contribution < -0.4 is 0 Å². The number of hydrogen-bond donors (Lipinski definition) is 1. The van der Waals surface area contributed by atoms with E-state index in [4.69, 9.17) is 12.2 Å². The number of piperidine rings is 1. The van der Waals surface area contributed by atoms with E-state index in [1.165, 1.54) is 37.0 Å². The summed E-state index contributed by atoms with van der Waals surface area (Å²) in [5.41, 5.74) is 3.68. The molecule has 3 rings (SSSR count). The zero-order chi connectivity index (χ0) is 13.4. The van der Waals surface area contributed by atoms with Gasteiger partial charge in [0.15, 0.2) is 4.77 Å². The monoisotopic (exact) mass is 275 g/mol. The van der Waals surface area contributed by atoms with Gasteiger partial charge in [-0.15, -0.1) is 0 Å². The van der Waals surface area contributed by atoms with E-state index in [0.29, 0.717) is 0 Å². The van der Waals surface area contributed by atoms with Crippen LogP contribution in [0.2, 0.25) is 0 Å². The largest absolute Gasteiger partial charge is 0.331 e. The summed E-state index contributed by atoms with van der Waals surface area (Å²) in [5.74, 6) is 0.753. The molecule has 1 aromatic heterocycles. The molecule has 0 bridgehead atoms. The number of aromatic amines is 1. The molecule has 0 aliphatic carbocycles. The summed E-state index contributed by atoms with van der Waals surface area (Å²) < 4.78 is 3.14. The molecule has 1 aliphatic rings. The van der Waals surface area contributed by atoms with E-state index in [9.17, 15) is 0 Å². The zero-order valence-corrected chi connectivity index (χ0v) is 12.5. The van der Waals surface area contributed by atoms with Gasteiger partial charge in [-0.1, -0.05) is 6.07 Å². The van der Waals surface area contributed by atoms with Gasteiger partial charge in [0.25, 0.3) is 0 Å². The van der Waals surface area contributed by atoms with Crippen molar-refractivity contribution in [1.82, 2.24) is 14.5 Å². The topological polar surface area (TPSA) is 24.0 Å². The van der Waals surface area contributed by atoms with Gasteiger partial charge in [0, 0.05) is 6.54 Å². The lowest BCUT2D eigenvalue weighted by Crippen LogP contribution is -2.31. The number of nitrogens with zero attached hydrogens (tertiary/aromatic N) is 2. The fourth-order valence-corrected chi connectivity index (χ4v) is 3.24. The predicted molar refractivity (Wildman–Crippen MR) is 82.1 cm³/mol. The third kappa shape index (κ3) is 2.60. The van der Waals surface area contributed by atoms with Crippen molar-refractivity contribution >= 4 is 23.3 Å². The smallest absolute Gasteiger partial charge is 0.178 e. The molecule has 0 saturated carbocycles. The second kappa shape index (κ2) is 5.10. The van der Waals surface area contributed by atoms with Crippen molar-refractivity contribution in [3.63, 3.8) is 0 Å². The Labute approximate surface area is 119 Å². The van der Waals surface area contributed by atoms with Gasteiger partial charge in [0.05, 0.1) is 11.0 Å². The molecule has 2 heterocycles. The average molecular weight is 275 g/mol. The summed E-state index contributed by atoms with van der Waals surface area (Å²) >= 11 is 5.48. The van der Waals surface area contributed by atoms with Crippen LogP contribution >= 0.6 is 12.2 Å². The molecule has 0 atom stereocenters. The summed E-state index contributed by atoms with van der Waals surface area (Å²) in [7, 11) is 2.20. The first-order chi connectivity index (χ1) is 9.13. The van der Waals surface area contributed by atoms with Crippen LogP contribution in [0.3, 0.4) is 0 Å². The lowest BCUT2D eigenvalue weighted by atomic mass is 9.97. The lowest BCUT2D eigenvalue weighted by molar-refractivity contribution is 0.206. The van der Waals surface area contributed by atoms with E-state index in [1.54, 1.807) is 0 Å². The number of fused-ring (bicyclic) bond motifs is 1. The van der Waals surface area contributed by atoms with Crippen LogP contribution in [0.15, 0.2) is 18.2 Å². The fourth-order valence-electron chi connectivity index (χ4n) is 2.96. The van der Waals surface area contributed by atoms with Gasteiger partial charge in [0.2, 0.25) is 0 Å². The molecule has 3 nitrogen and oxygen atoms in total. The van der Waals surface area contributed by atoms with Crippen LogP contribution in [0.1, 0.15) is 18.4 Å². The summed E-state index contributed by atoms with van der Waals surface area (Å²) in [4.78, 5) is 5.74. The van der Waals surface area contributed by atoms with Crippen molar-refractivity contribution in [3.05, 3.63) is 28.5 Å². The van der Waals surface area contributed by atoms with Gasteiger partial charge in [-0.25, -0.2) is 0 Å². The molecule has 0 radical (unpaired) electrons. The molecule has 102 valence electrons. The standard InChI is InChI=1S/C15H21N3S/c1-11-3-4-14-13(9-11)16-15(19)18(14)10-12-5-7-17(2)8-6-12/h3-4,9,12H,5-8,10H2,1-2H3,(H,16,19). The normalized spacial score (nSPS) is 18.2. The number of hydrogen-bond acceptors (Lipinski definition) is 2. The number of rotatable bonds is 2. The maximum absolute atomic E-state index is 5.48. The van der Waals surface area contributed by atoms with Crippen LogP contribution in [0.5, 0.6) is 0 Å². The molecule has 2 aromatic rings. The SMILES string of the molecule is Cc1ccc2c(c1)[nH]c(=S)n2CC1CCN(C)CC1. The first-order valence-electron chi connectivity index (χ1n) is 7.01. The number of imidazole rings is 1. The number of likely N-dealkylation sites (tertiary alicyclic amines) is 1. The Kier molecular flexibility index (Phi) is 3.46. The van der Waals surface area contributed by atoms with Crippen molar-refractivity contribution in [3.8, 4) is 0 Å². The van der Waals surface area contributed by atoms with Crippen LogP contribution in [0.25, 0.3) is 11.0 Å². The maximum Gasteiger partial charge on any atom is 0.178 e. The molecule has 0 spiro atoms. The average Bonchev–Trinajstić information content (AvgIpc) is 2.68. The summed E-state index contributed by atoms with van der Waals surface area (Å²) in [6.07, 6.45) is 2.55. The first kappa shape index (κ1) is 12.9. The first-order valence-corrected chi connectivity index (χ1v) is 7.42. The van der Waals surface area contributed by atoms with Crippen molar-refractivity contribution in [2.75, 3.05) is 20.1 Å². The van der Waals surface area contributed by atoms with E-state index in [-0.39, 0.29) is 0 Å². The minimum absolute atomic E-state index is 0.753. The number of aromatic nitrogens is 2. The highest BCUT2D eigenvalue weighted by molar-refractivity contribution is 7.71. The van der Waals surface area contributed by atoms with Crippen molar-refractivity contribution in [1.29, 1.82) is 0 Å². The molecule has 4 heteroatoms. The van der Waals surface area contributed by atoms with E-state index in [1.807, 2.05) is 0 Å². The Morgan fingerprint density at radius 2 is 2.05 bits per heavy atom. The second-order valence-corrected chi connectivity index (χ2v) is 6.19. The molecule has 1 N–H and O–H groups in total. The third-order valence-corrected chi connectivity index (χ3v) is 4.53. The third-order valence-electron chi connectivity index (χ3n) is 4.21. The molecule has 0 unspecified atom stereocenters. The van der Waals surface area contributed by atoms with Crippen molar-refractivity contribution < 1.29 is 0 Å². The maximum atomic E-state index is 5.48. The van der Waals surface area contributed by atoms with Crippen LogP contribution in [-0.4, -0.2) is 34.6 Å². The van der Waals surface area contributed by atoms with Gasteiger partial charge in [0.1, 0.15) is 0 Å². The predicted octanol–water partition coefficient (Wildman–Crippen LogP) is 3.35. The molecule has 0 amide bonds. The molecule has 1 saturated heterocycles. The number of benzene rings is 1. The molecule has 19 heavy (non-hydrogen) atoms. The lowest BCUT2D eigenvalue weighted by Gasteiger charge is -2.29. The van der Waals surface area contributed by atoms with E-state index < -0.39 is 0 Å². The Balaban J connectivity index is 1.88. The van der Waals surface area contributed by atoms with Crippen LogP contribution in [0.4, 0.5) is 0 Å². The van der Waals surface area contributed by atoms with Crippen LogP contribution in [0, 0.1) is 17.6 Å². The number of H-pyrrole nitrogens is 1. The summed E-state index contributed by atoms with van der Waals surface area (Å²) in [6.45, 7) is 5.58. The number of aryl methyl sites for hydroxylation is 1. The molecule has 1 aliphatic heterocycles. The van der Waals surface area contributed by atoms with Gasteiger partial charge in [-0.2, -0.15) is 0 Å². The van der Waals surface area contributed by atoms with E-state index in [0.717, 1.165) is 22.8 Å². The molecular formula is C15H21N3S. The van der Waals surface area contributed by atoms with Crippen molar-refractivity contribution in [2.45, 2.75) is 26.3 Å². The van der Waals surface area contributed by atoms with E-state index in [2.05, 4.69) is 46.6 Å². The minimum Gasteiger partial charge on any atom is -0.331 e. The fraction of sp³-hybridized carbons (Fsp3) is 0.533. The summed E-state index contributed by atoms with van der Waals surface area (Å²) in [6, 6.07) is 6.53. The van der Waals surface area contributed by atoms with Gasteiger partial charge < -0.3 is 14.5 Å². The van der Waals surface area contributed by atoms with Crippen molar-refractivity contribution in [2.24, 2.45) is 5.92 Å². The molecular weight excluding hydrogens is 254 g/mol. The Morgan fingerprint density at radius 1 is 1.32 bits per heavy atom. The van der Waals surface area contributed by atoms with Crippen LogP contribution in [-0.2, 0) is 6.54 Å². The highest BCUT2D eigenvalue weighted by atomic mass is 32.1. The highest BCUT2D eigenvalue weighted by Gasteiger charge is 2.18. The summed E-state index contributed by atoms with van der Waals surface area (Å²) in [5, 5.41) is 0. The second-order valence-electron chi connectivity index (χ2n) is 5.81. The quantitative estimate of drug-likeness (QED) is 0.850. The Morgan fingerprint density at radius 3 is 2.79 bits per heavy atom. The zero-order valence-electron chi connectivity index (χ0n) is 11.6. The molecule has 1 fully saturated rings. The molecule has 1 aromatic carbocycles. The van der Waals surface area contributed by atoms with E-state index >= 15 is 0 Å². The highest BCUT2D eigenvalue weighted by Crippen LogP contribution is 2.22. The van der Waals surface area contributed by atoms with Gasteiger partial charge in [-0.3, -0.25) is 0 Å². The van der Waals surface area contributed by atoms with Gasteiger partial charge in [-0.05, 0) is 75.7 Å². The Bertz CT molecular complexity index is 632. The Hall–Kier alpha value is -1.13. The number of nitrogens with one attached hydrogen (secondary N) is 1. The van der Waals surface area contributed by atoms with Gasteiger partial charge >= 0.3 is 0 Å².